The minimum Gasteiger partial charge on any atom is -0.465 e. The number of ketones is 1. The number of hydrogen-bond acceptors (Lipinski definition) is 5. The molecule has 0 spiro atoms. The van der Waals surface area contributed by atoms with E-state index in [9.17, 15) is 14.4 Å². The Bertz CT molecular complexity index is 854. The van der Waals surface area contributed by atoms with Gasteiger partial charge < -0.3 is 9.47 Å². The van der Waals surface area contributed by atoms with E-state index in [0.717, 1.165) is 24.0 Å². The van der Waals surface area contributed by atoms with Crippen LogP contribution in [0.15, 0.2) is 59.7 Å². The number of hydrogen-bond donors (Lipinski definition) is 0. The summed E-state index contributed by atoms with van der Waals surface area (Å²) in [5, 5.41) is 0. The van der Waals surface area contributed by atoms with Crippen LogP contribution >= 0.6 is 0 Å². The van der Waals surface area contributed by atoms with E-state index >= 15 is 0 Å². The second kappa shape index (κ2) is 10.0. The summed E-state index contributed by atoms with van der Waals surface area (Å²) >= 11 is 0. The third-order valence-electron chi connectivity index (χ3n) is 4.84. The zero-order valence-electron chi connectivity index (χ0n) is 17.5. The van der Waals surface area contributed by atoms with Crippen molar-refractivity contribution in [2.75, 3.05) is 13.7 Å². The molecule has 0 radical (unpaired) electrons. The molecule has 0 saturated carbocycles. The third-order valence-corrected chi connectivity index (χ3v) is 4.84. The topological polar surface area (TPSA) is 69.7 Å². The van der Waals surface area contributed by atoms with Gasteiger partial charge in [-0.05, 0) is 73.1 Å². The standard InChI is InChI=1S/C24H28O5/c1-17-6-5-7-18(12-14-24(2,3)15-13-21(17)25)16-29-23(27)20-10-8-19(9-11-20)22(26)28-4/h6,8-13,15H,5,7,14,16H2,1-4H3/b15-13+,17-6+,18-12-. The first-order valence-corrected chi connectivity index (χ1v) is 9.65. The Hall–Kier alpha value is -2.95. The van der Waals surface area contributed by atoms with Gasteiger partial charge in [-0.1, -0.05) is 32.1 Å². The van der Waals surface area contributed by atoms with E-state index in [-0.39, 0.29) is 17.8 Å². The number of rotatable bonds is 4. The molecule has 0 fully saturated rings. The van der Waals surface area contributed by atoms with Gasteiger partial charge in [0, 0.05) is 0 Å². The van der Waals surface area contributed by atoms with Crippen LogP contribution in [0.2, 0.25) is 0 Å². The summed E-state index contributed by atoms with van der Waals surface area (Å²) in [7, 11) is 1.31. The lowest BCUT2D eigenvalue weighted by atomic mass is 9.87. The lowest BCUT2D eigenvalue weighted by molar-refractivity contribution is -0.111. The molecule has 0 amide bonds. The van der Waals surface area contributed by atoms with Gasteiger partial charge in [-0.3, -0.25) is 4.79 Å². The van der Waals surface area contributed by atoms with E-state index in [1.165, 1.54) is 19.2 Å². The lowest BCUT2D eigenvalue weighted by Gasteiger charge is -2.18. The molecule has 5 heteroatoms. The molecule has 1 aliphatic rings. The number of carbonyl (C=O) groups is 3. The van der Waals surface area contributed by atoms with Crippen LogP contribution in [-0.2, 0) is 14.3 Å². The summed E-state index contributed by atoms with van der Waals surface area (Å²) in [5.74, 6) is -0.868. The Balaban J connectivity index is 2.06. The van der Waals surface area contributed by atoms with E-state index in [0.29, 0.717) is 17.5 Å². The van der Waals surface area contributed by atoms with Gasteiger partial charge in [-0.2, -0.15) is 0 Å². The fourth-order valence-electron chi connectivity index (χ4n) is 2.82. The van der Waals surface area contributed by atoms with E-state index < -0.39 is 11.9 Å². The van der Waals surface area contributed by atoms with Crippen LogP contribution in [0.25, 0.3) is 0 Å². The van der Waals surface area contributed by atoms with Gasteiger partial charge in [0.2, 0.25) is 0 Å². The van der Waals surface area contributed by atoms with Gasteiger partial charge in [0.15, 0.2) is 5.78 Å². The smallest absolute Gasteiger partial charge is 0.338 e. The van der Waals surface area contributed by atoms with Crippen LogP contribution < -0.4 is 0 Å². The second-order valence-corrected chi connectivity index (χ2v) is 7.82. The summed E-state index contributed by atoms with van der Waals surface area (Å²) in [6, 6.07) is 6.17. The molecule has 154 valence electrons. The fraction of sp³-hybridized carbons (Fsp3) is 0.375. The van der Waals surface area contributed by atoms with Crippen LogP contribution in [0.3, 0.4) is 0 Å². The van der Waals surface area contributed by atoms with Crippen molar-refractivity contribution in [2.45, 2.75) is 40.0 Å². The Labute approximate surface area is 172 Å². The molecule has 1 aliphatic carbocycles. The van der Waals surface area contributed by atoms with Crippen molar-refractivity contribution in [1.29, 1.82) is 0 Å². The highest BCUT2D eigenvalue weighted by Gasteiger charge is 2.16. The number of benzene rings is 1. The van der Waals surface area contributed by atoms with Gasteiger partial charge in [-0.25, -0.2) is 9.59 Å². The number of methoxy groups -OCH3 is 1. The van der Waals surface area contributed by atoms with Gasteiger partial charge >= 0.3 is 11.9 Å². The van der Waals surface area contributed by atoms with Crippen LogP contribution in [0, 0.1) is 5.41 Å². The Morgan fingerprint density at radius 3 is 2.28 bits per heavy atom. The van der Waals surface area contributed by atoms with Crippen molar-refractivity contribution in [3.05, 3.63) is 70.8 Å². The molecule has 0 heterocycles. The summed E-state index contributed by atoms with van der Waals surface area (Å²) in [6.07, 6.45) is 9.77. The summed E-state index contributed by atoms with van der Waals surface area (Å²) in [4.78, 5) is 35.9. The minimum absolute atomic E-state index is 0.0309. The van der Waals surface area contributed by atoms with E-state index in [1.807, 2.05) is 19.1 Å². The van der Waals surface area contributed by atoms with E-state index in [2.05, 4.69) is 24.7 Å². The third kappa shape index (κ3) is 6.86. The van der Waals surface area contributed by atoms with Crippen molar-refractivity contribution in [3.8, 4) is 0 Å². The molecular weight excluding hydrogens is 368 g/mol. The largest absolute Gasteiger partial charge is 0.465 e. The molecular formula is C24H28O5. The Kier molecular flexibility index (Phi) is 7.71. The zero-order valence-corrected chi connectivity index (χ0v) is 17.5. The average Bonchev–Trinajstić information content (AvgIpc) is 2.74. The molecule has 0 atom stereocenters. The summed E-state index contributed by atoms with van der Waals surface area (Å²) < 4.78 is 10.1. The van der Waals surface area contributed by atoms with Crippen molar-refractivity contribution in [1.82, 2.24) is 0 Å². The molecule has 0 aromatic heterocycles. The predicted octanol–water partition coefficient (Wildman–Crippen LogP) is 4.84. The number of allylic oxidation sites excluding steroid dienone is 5. The quantitative estimate of drug-likeness (QED) is 0.538. The molecule has 1 aromatic rings. The van der Waals surface area contributed by atoms with Crippen molar-refractivity contribution < 1.29 is 23.9 Å². The van der Waals surface area contributed by atoms with Crippen molar-refractivity contribution in [3.63, 3.8) is 0 Å². The van der Waals surface area contributed by atoms with Crippen molar-refractivity contribution >= 4 is 17.7 Å². The van der Waals surface area contributed by atoms with Crippen molar-refractivity contribution in [2.24, 2.45) is 5.41 Å². The van der Waals surface area contributed by atoms with Gasteiger partial charge in [0.05, 0.1) is 18.2 Å². The molecule has 0 bridgehead atoms. The van der Waals surface area contributed by atoms with E-state index in [1.54, 1.807) is 18.2 Å². The number of ether oxygens (including phenoxy) is 2. The van der Waals surface area contributed by atoms with Gasteiger partial charge in [0.1, 0.15) is 6.61 Å². The molecule has 0 aliphatic heterocycles. The first-order valence-electron chi connectivity index (χ1n) is 9.65. The summed E-state index contributed by atoms with van der Waals surface area (Å²) in [6.45, 7) is 6.14. The highest BCUT2D eigenvalue weighted by molar-refractivity contribution is 6.03. The maximum atomic E-state index is 12.4. The molecule has 2 rings (SSSR count). The van der Waals surface area contributed by atoms with Gasteiger partial charge in [0.25, 0.3) is 0 Å². The highest BCUT2D eigenvalue weighted by atomic mass is 16.5. The van der Waals surface area contributed by atoms with Crippen LogP contribution in [-0.4, -0.2) is 31.4 Å². The lowest BCUT2D eigenvalue weighted by Crippen LogP contribution is -2.10. The zero-order chi connectivity index (χ0) is 21.4. The fourth-order valence-corrected chi connectivity index (χ4v) is 2.82. The molecule has 29 heavy (non-hydrogen) atoms. The highest BCUT2D eigenvalue weighted by Crippen LogP contribution is 2.25. The average molecular weight is 396 g/mol. The Morgan fingerprint density at radius 2 is 1.66 bits per heavy atom. The molecule has 0 N–H and O–H groups in total. The normalized spacial score (nSPS) is 21.6. The van der Waals surface area contributed by atoms with Crippen LogP contribution in [0.4, 0.5) is 0 Å². The number of carbonyl (C=O) groups excluding carboxylic acids is 3. The van der Waals surface area contributed by atoms with Crippen LogP contribution in [0.5, 0.6) is 0 Å². The molecule has 1 aromatic carbocycles. The van der Waals surface area contributed by atoms with Gasteiger partial charge in [-0.15, -0.1) is 0 Å². The predicted molar refractivity (Wildman–Crippen MR) is 112 cm³/mol. The monoisotopic (exact) mass is 396 g/mol. The van der Waals surface area contributed by atoms with Crippen LogP contribution in [0.1, 0.15) is 60.7 Å². The molecule has 5 nitrogen and oxygen atoms in total. The number of esters is 2. The first-order chi connectivity index (χ1) is 13.7. The second-order valence-electron chi connectivity index (χ2n) is 7.82. The summed E-state index contributed by atoms with van der Waals surface area (Å²) in [5.41, 5.74) is 2.33. The van der Waals surface area contributed by atoms with E-state index in [4.69, 9.17) is 4.74 Å². The molecule has 0 saturated heterocycles. The Morgan fingerprint density at radius 1 is 1.03 bits per heavy atom. The SMILES string of the molecule is COC(=O)c1ccc(C(=O)OC/C2=C\CC(C)(C)/C=C/C(=O)/C(C)=C/CC2)cc1. The maximum absolute atomic E-state index is 12.4. The maximum Gasteiger partial charge on any atom is 0.338 e. The molecule has 0 unspecified atom stereocenters. The first kappa shape index (κ1) is 22.3. The minimum atomic E-state index is -0.453.